The van der Waals surface area contributed by atoms with E-state index in [0.717, 1.165) is 0 Å². The first-order chi connectivity index (χ1) is 8.34. The maximum Gasteiger partial charge on any atom is 0.334 e. The Hall–Kier alpha value is -1.95. The van der Waals surface area contributed by atoms with Gasteiger partial charge in [-0.1, -0.05) is 6.58 Å². The Morgan fingerprint density at radius 3 is 2.11 bits per heavy atom. The van der Waals surface area contributed by atoms with Crippen molar-refractivity contribution in [1.29, 1.82) is 0 Å². The zero-order valence-electron chi connectivity index (χ0n) is 9.93. The average molecular weight is 254 g/mol. The summed E-state index contributed by atoms with van der Waals surface area (Å²) < 4.78 is 4.81. The van der Waals surface area contributed by atoms with Crippen molar-refractivity contribution in [3.63, 3.8) is 0 Å². The van der Waals surface area contributed by atoms with Crippen LogP contribution in [0.15, 0.2) is 23.3 Å². The van der Waals surface area contributed by atoms with Crippen molar-refractivity contribution in [3.05, 3.63) is 23.3 Å². The molecule has 1 aliphatic heterocycles. The molecular formula is C12H14O6. The summed E-state index contributed by atoms with van der Waals surface area (Å²) >= 11 is 0. The smallest absolute Gasteiger partial charge is 0.334 e. The number of epoxide rings is 1. The van der Waals surface area contributed by atoms with E-state index in [-0.39, 0.29) is 36.4 Å². The summed E-state index contributed by atoms with van der Waals surface area (Å²) in [6.07, 6.45) is -0.878. The number of aliphatic carboxylic acids is 2. The molecule has 1 saturated heterocycles. The second-order valence-corrected chi connectivity index (χ2v) is 4.03. The van der Waals surface area contributed by atoms with Crippen molar-refractivity contribution < 1.29 is 29.3 Å². The molecule has 0 aromatic rings. The van der Waals surface area contributed by atoms with Crippen LogP contribution in [0.3, 0.4) is 0 Å². The van der Waals surface area contributed by atoms with Crippen molar-refractivity contribution in [2.75, 3.05) is 6.61 Å². The molecule has 98 valence electrons. The second-order valence-electron chi connectivity index (χ2n) is 4.03. The molecule has 1 unspecified atom stereocenters. The molecule has 0 aromatic heterocycles. The van der Waals surface area contributed by atoms with Crippen LogP contribution in [0.1, 0.15) is 19.8 Å². The van der Waals surface area contributed by atoms with E-state index >= 15 is 0 Å². The van der Waals surface area contributed by atoms with Gasteiger partial charge in [0.1, 0.15) is 6.10 Å². The molecule has 1 rings (SSSR count). The quantitative estimate of drug-likeness (QED) is 0.513. The molecule has 1 aliphatic rings. The fourth-order valence-electron chi connectivity index (χ4n) is 1.48. The normalized spacial score (nSPS) is 18.8. The lowest BCUT2D eigenvalue weighted by molar-refractivity contribution is -0.136. The lowest BCUT2D eigenvalue weighted by Gasteiger charge is -2.06. The van der Waals surface area contributed by atoms with Crippen LogP contribution < -0.4 is 0 Å². The molecule has 1 fully saturated rings. The van der Waals surface area contributed by atoms with Gasteiger partial charge in [0.25, 0.3) is 0 Å². The van der Waals surface area contributed by atoms with Crippen LogP contribution in [0.2, 0.25) is 0 Å². The fourth-order valence-corrected chi connectivity index (χ4v) is 1.48. The lowest BCUT2D eigenvalue weighted by atomic mass is 9.98. The third-order valence-electron chi connectivity index (χ3n) is 2.55. The molecule has 0 amide bonds. The molecule has 0 saturated carbocycles. The predicted octanol–water partition coefficient (Wildman–Crippen LogP) is 0.776. The largest absolute Gasteiger partial charge is 0.478 e. The summed E-state index contributed by atoms with van der Waals surface area (Å²) in [5, 5.41) is 18.0. The highest BCUT2D eigenvalue weighted by Gasteiger charge is 2.36. The van der Waals surface area contributed by atoms with Gasteiger partial charge in [0.15, 0.2) is 5.78 Å². The number of carboxylic acid groups (broad SMARTS) is 2. The molecule has 2 N–H and O–H groups in total. The molecule has 0 aromatic carbocycles. The van der Waals surface area contributed by atoms with Gasteiger partial charge in [-0.05, 0) is 18.9 Å². The van der Waals surface area contributed by atoms with Crippen molar-refractivity contribution >= 4 is 17.7 Å². The molecule has 0 aliphatic carbocycles. The van der Waals surface area contributed by atoms with Gasteiger partial charge in [-0.2, -0.15) is 0 Å². The van der Waals surface area contributed by atoms with E-state index in [2.05, 4.69) is 6.58 Å². The molecule has 6 nitrogen and oxygen atoms in total. The fraction of sp³-hybridized carbons (Fsp3) is 0.417. The maximum atomic E-state index is 11.4. The van der Waals surface area contributed by atoms with Gasteiger partial charge in [0.2, 0.25) is 0 Å². The summed E-state index contributed by atoms with van der Waals surface area (Å²) in [7, 11) is 0. The van der Waals surface area contributed by atoms with Gasteiger partial charge < -0.3 is 14.9 Å². The lowest BCUT2D eigenvalue weighted by Crippen LogP contribution is -2.16. The number of ether oxygens (including phenoxy) is 1. The average Bonchev–Trinajstić information content (AvgIpc) is 3.05. The molecular weight excluding hydrogens is 240 g/mol. The number of ketones is 1. The Kier molecular flexibility index (Phi) is 4.38. The van der Waals surface area contributed by atoms with Crippen LogP contribution in [0.4, 0.5) is 0 Å². The number of Topliss-reactive ketones (excluding diaryl/α,β-unsaturated/α-hetero) is 1. The van der Waals surface area contributed by atoms with Crippen LogP contribution in [0.5, 0.6) is 0 Å². The zero-order chi connectivity index (χ0) is 13.9. The Morgan fingerprint density at radius 2 is 1.78 bits per heavy atom. The Morgan fingerprint density at radius 1 is 1.22 bits per heavy atom. The van der Waals surface area contributed by atoms with Crippen LogP contribution in [-0.2, 0) is 19.1 Å². The van der Waals surface area contributed by atoms with E-state index in [9.17, 15) is 14.4 Å². The van der Waals surface area contributed by atoms with Gasteiger partial charge in [0.05, 0.1) is 17.8 Å². The minimum Gasteiger partial charge on any atom is -0.478 e. The maximum absolute atomic E-state index is 11.4. The Balaban J connectivity index is 2.91. The van der Waals surface area contributed by atoms with Crippen LogP contribution in [0.25, 0.3) is 0 Å². The molecule has 0 bridgehead atoms. The summed E-state index contributed by atoms with van der Waals surface area (Å²) in [6, 6.07) is 0. The van der Waals surface area contributed by atoms with Crippen molar-refractivity contribution in [3.8, 4) is 0 Å². The first-order valence-corrected chi connectivity index (χ1v) is 5.34. The third kappa shape index (κ3) is 3.53. The zero-order valence-corrected chi connectivity index (χ0v) is 9.93. The third-order valence-corrected chi connectivity index (χ3v) is 2.55. The number of carbonyl (C=O) groups is 3. The number of allylic oxidation sites excluding steroid dienone is 1. The minimum atomic E-state index is -1.34. The summed E-state index contributed by atoms with van der Waals surface area (Å²) in [5.41, 5.74) is -0.226. The molecule has 0 spiro atoms. The number of rotatable bonds is 7. The topological polar surface area (TPSA) is 104 Å². The van der Waals surface area contributed by atoms with E-state index in [0.29, 0.717) is 5.57 Å². The first kappa shape index (κ1) is 14.1. The van der Waals surface area contributed by atoms with Gasteiger partial charge in [-0.15, -0.1) is 0 Å². The molecule has 6 heteroatoms. The summed E-state index contributed by atoms with van der Waals surface area (Å²) in [5.74, 6) is -2.94. The predicted molar refractivity (Wildman–Crippen MR) is 61.1 cm³/mol. The second kappa shape index (κ2) is 5.59. The van der Waals surface area contributed by atoms with Gasteiger partial charge in [0, 0.05) is 6.42 Å². The number of hydrogen-bond acceptors (Lipinski definition) is 4. The van der Waals surface area contributed by atoms with Gasteiger partial charge in [-0.3, -0.25) is 4.79 Å². The summed E-state index contributed by atoms with van der Waals surface area (Å²) in [4.78, 5) is 33.4. The molecule has 1 atom stereocenters. The SMILES string of the molecule is C=C(C)C(=O)CC/C(C(=O)O)=C(/C(=O)O)C1CO1. The van der Waals surface area contributed by atoms with Crippen LogP contribution in [0, 0.1) is 0 Å². The van der Waals surface area contributed by atoms with Crippen molar-refractivity contribution in [1.82, 2.24) is 0 Å². The van der Waals surface area contributed by atoms with Crippen LogP contribution in [-0.4, -0.2) is 40.6 Å². The minimum absolute atomic E-state index is 0.0690. The summed E-state index contributed by atoms with van der Waals surface area (Å²) in [6.45, 7) is 5.17. The highest BCUT2D eigenvalue weighted by atomic mass is 16.6. The van der Waals surface area contributed by atoms with Gasteiger partial charge >= 0.3 is 11.9 Å². The van der Waals surface area contributed by atoms with Crippen molar-refractivity contribution in [2.45, 2.75) is 25.9 Å². The van der Waals surface area contributed by atoms with E-state index < -0.39 is 18.0 Å². The molecule has 1 heterocycles. The highest BCUT2D eigenvalue weighted by molar-refractivity contribution is 6.01. The Labute approximate surface area is 104 Å². The standard InChI is InChI=1S/C12H14O6/c1-6(2)8(13)4-3-7(11(14)15)10(12(16)17)9-5-18-9/h9H,1,3-5H2,2H3,(H,14,15)(H,16,17)/b10-7-. The van der Waals surface area contributed by atoms with Gasteiger partial charge in [-0.25, -0.2) is 9.59 Å². The van der Waals surface area contributed by atoms with E-state index in [4.69, 9.17) is 14.9 Å². The highest BCUT2D eigenvalue weighted by Crippen LogP contribution is 2.25. The number of carbonyl (C=O) groups excluding carboxylic acids is 1. The van der Waals surface area contributed by atoms with E-state index in [1.165, 1.54) is 6.92 Å². The van der Waals surface area contributed by atoms with E-state index in [1.807, 2.05) is 0 Å². The monoisotopic (exact) mass is 254 g/mol. The van der Waals surface area contributed by atoms with E-state index in [1.54, 1.807) is 0 Å². The Bertz CT molecular complexity index is 441. The first-order valence-electron chi connectivity index (χ1n) is 5.34. The number of carboxylic acids is 2. The molecule has 0 radical (unpaired) electrons. The molecule has 18 heavy (non-hydrogen) atoms. The van der Waals surface area contributed by atoms with Crippen LogP contribution >= 0.6 is 0 Å². The number of hydrogen-bond donors (Lipinski definition) is 2. The van der Waals surface area contributed by atoms with Crippen molar-refractivity contribution in [2.24, 2.45) is 0 Å².